The first kappa shape index (κ1) is 12.7. The van der Waals surface area contributed by atoms with E-state index < -0.39 is 12.6 Å². The topological polar surface area (TPSA) is 43.1 Å². The first-order valence-corrected chi connectivity index (χ1v) is 4.81. The molecule has 0 aliphatic rings. The molecule has 5 heteroatoms. The number of rotatable bonds is 4. The number of carbonyl (C=O) groups excluding carboxylic acids is 1. The van der Waals surface area contributed by atoms with Gasteiger partial charge in [-0.05, 0) is 12.1 Å². The molecule has 0 aromatic heterocycles. The van der Waals surface area contributed by atoms with Gasteiger partial charge in [-0.2, -0.15) is 13.2 Å². The van der Waals surface area contributed by atoms with Crippen molar-refractivity contribution in [1.29, 1.82) is 0 Å². The molecular formula is C11H12F3NO. The molecule has 0 fully saturated rings. The smallest absolute Gasteiger partial charge is 0.330 e. The SMILES string of the molecule is NCCC(=O)c1ccc(CC(F)(F)F)cc1. The van der Waals surface area contributed by atoms with Crippen LogP contribution < -0.4 is 5.73 Å². The molecule has 0 spiro atoms. The molecule has 2 N–H and O–H groups in total. The first-order chi connectivity index (χ1) is 7.42. The Morgan fingerprint density at radius 2 is 1.75 bits per heavy atom. The highest BCUT2D eigenvalue weighted by molar-refractivity contribution is 5.96. The van der Waals surface area contributed by atoms with Crippen LogP contribution in [0, 0.1) is 0 Å². The number of halogens is 3. The van der Waals surface area contributed by atoms with Gasteiger partial charge in [-0.25, -0.2) is 0 Å². The number of nitrogens with two attached hydrogens (primary N) is 1. The van der Waals surface area contributed by atoms with Crippen molar-refractivity contribution in [2.24, 2.45) is 5.73 Å². The molecule has 0 aliphatic heterocycles. The molecule has 16 heavy (non-hydrogen) atoms. The van der Waals surface area contributed by atoms with E-state index >= 15 is 0 Å². The summed E-state index contributed by atoms with van der Waals surface area (Å²) in [5.41, 5.74) is 5.76. The van der Waals surface area contributed by atoms with E-state index in [1.54, 1.807) is 0 Å². The second-order valence-electron chi connectivity index (χ2n) is 3.45. The van der Waals surface area contributed by atoms with E-state index in [4.69, 9.17) is 5.73 Å². The summed E-state index contributed by atoms with van der Waals surface area (Å²) in [7, 11) is 0. The lowest BCUT2D eigenvalue weighted by molar-refractivity contribution is -0.127. The van der Waals surface area contributed by atoms with E-state index in [0.717, 1.165) is 0 Å². The van der Waals surface area contributed by atoms with Gasteiger partial charge in [0, 0.05) is 12.0 Å². The van der Waals surface area contributed by atoms with Crippen LogP contribution in [0.4, 0.5) is 13.2 Å². The van der Waals surface area contributed by atoms with Crippen LogP contribution >= 0.6 is 0 Å². The lowest BCUT2D eigenvalue weighted by atomic mass is 10.0. The van der Waals surface area contributed by atoms with Crippen LogP contribution in [0.15, 0.2) is 24.3 Å². The Morgan fingerprint density at radius 3 is 2.19 bits per heavy atom. The second kappa shape index (κ2) is 5.12. The molecule has 0 aliphatic carbocycles. The number of Topliss-reactive ketones (excluding diaryl/α,β-unsaturated/α-hetero) is 1. The van der Waals surface area contributed by atoms with Crippen molar-refractivity contribution in [2.45, 2.75) is 19.0 Å². The summed E-state index contributed by atoms with van der Waals surface area (Å²) in [6, 6.07) is 5.44. The van der Waals surface area contributed by atoms with Gasteiger partial charge in [-0.3, -0.25) is 4.79 Å². The maximum Gasteiger partial charge on any atom is 0.393 e. The zero-order valence-electron chi connectivity index (χ0n) is 8.55. The molecule has 0 saturated carbocycles. The standard InChI is InChI=1S/C11H12F3NO/c12-11(13,14)7-8-1-3-9(4-2-8)10(16)5-6-15/h1-4H,5-7,15H2. The average molecular weight is 231 g/mol. The van der Waals surface area contributed by atoms with E-state index in [1.807, 2.05) is 0 Å². The van der Waals surface area contributed by atoms with Crippen molar-refractivity contribution in [3.63, 3.8) is 0 Å². The third-order valence-corrected chi connectivity index (χ3v) is 2.05. The van der Waals surface area contributed by atoms with Gasteiger partial charge in [-0.1, -0.05) is 24.3 Å². The van der Waals surface area contributed by atoms with Gasteiger partial charge in [0.2, 0.25) is 0 Å². The van der Waals surface area contributed by atoms with Gasteiger partial charge < -0.3 is 5.73 Å². The van der Waals surface area contributed by atoms with E-state index in [1.165, 1.54) is 24.3 Å². The van der Waals surface area contributed by atoms with Crippen LogP contribution in [-0.2, 0) is 6.42 Å². The monoisotopic (exact) mass is 231 g/mol. The van der Waals surface area contributed by atoms with Gasteiger partial charge in [0.15, 0.2) is 5.78 Å². The fourth-order valence-corrected chi connectivity index (χ4v) is 1.32. The van der Waals surface area contributed by atoms with Gasteiger partial charge >= 0.3 is 6.18 Å². The Morgan fingerprint density at radius 1 is 1.19 bits per heavy atom. The molecule has 0 atom stereocenters. The first-order valence-electron chi connectivity index (χ1n) is 4.81. The van der Waals surface area contributed by atoms with Crippen molar-refractivity contribution in [3.05, 3.63) is 35.4 Å². The fourth-order valence-electron chi connectivity index (χ4n) is 1.32. The Hall–Kier alpha value is -1.36. The van der Waals surface area contributed by atoms with Crippen molar-refractivity contribution >= 4 is 5.78 Å². The van der Waals surface area contributed by atoms with E-state index in [2.05, 4.69) is 0 Å². The highest BCUT2D eigenvalue weighted by Crippen LogP contribution is 2.21. The van der Waals surface area contributed by atoms with Crippen LogP contribution in [0.25, 0.3) is 0 Å². The van der Waals surface area contributed by atoms with E-state index in [9.17, 15) is 18.0 Å². The summed E-state index contributed by atoms with van der Waals surface area (Å²) in [5, 5.41) is 0. The predicted molar refractivity (Wildman–Crippen MR) is 54.2 cm³/mol. The number of alkyl halides is 3. The minimum absolute atomic E-state index is 0.150. The maximum absolute atomic E-state index is 12.0. The van der Waals surface area contributed by atoms with Crippen LogP contribution in [0.3, 0.4) is 0 Å². The minimum Gasteiger partial charge on any atom is -0.330 e. The van der Waals surface area contributed by atoms with Gasteiger partial charge in [0.1, 0.15) is 0 Å². The zero-order chi connectivity index (χ0) is 12.2. The number of benzene rings is 1. The fraction of sp³-hybridized carbons (Fsp3) is 0.364. The van der Waals surface area contributed by atoms with Crippen LogP contribution in [0.2, 0.25) is 0 Å². The quantitative estimate of drug-likeness (QED) is 0.808. The number of hydrogen-bond donors (Lipinski definition) is 1. The largest absolute Gasteiger partial charge is 0.393 e. The van der Waals surface area contributed by atoms with Gasteiger partial charge in [-0.15, -0.1) is 0 Å². The van der Waals surface area contributed by atoms with Crippen molar-refractivity contribution in [3.8, 4) is 0 Å². The van der Waals surface area contributed by atoms with Crippen LogP contribution in [0.1, 0.15) is 22.3 Å². The third kappa shape index (κ3) is 4.02. The minimum atomic E-state index is -4.22. The highest BCUT2D eigenvalue weighted by atomic mass is 19.4. The molecule has 88 valence electrons. The molecule has 0 heterocycles. The highest BCUT2D eigenvalue weighted by Gasteiger charge is 2.27. The third-order valence-electron chi connectivity index (χ3n) is 2.05. The Bertz CT molecular complexity index is 356. The van der Waals surface area contributed by atoms with Gasteiger partial charge in [0.25, 0.3) is 0 Å². The Kier molecular flexibility index (Phi) is 4.06. The summed E-state index contributed by atoms with van der Waals surface area (Å²) in [4.78, 5) is 11.3. The molecule has 0 unspecified atom stereocenters. The van der Waals surface area contributed by atoms with E-state index in [-0.39, 0.29) is 24.3 Å². The van der Waals surface area contributed by atoms with Crippen LogP contribution in [0.5, 0.6) is 0 Å². The normalized spacial score (nSPS) is 11.5. The molecule has 0 bridgehead atoms. The average Bonchev–Trinajstić information content (AvgIpc) is 2.16. The Balaban J connectivity index is 2.72. The van der Waals surface area contributed by atoms with Gasteiger partial charge in [0.05, 0.1) is 6.42 Å². The van der Waals surface area contributed by atoms with E-state index in [0.29, 0.717) is 5.56 Å². The maximum atomic E-state index is 12.0. The molecule has 1 rings (SSSR count). The molecule has 2 nitrogen and oxygen atoms in total. The number of hydrogen-bond acceptors (Lipinski definition) is 2. The molecule has 0 radical (unpaired) electrons. The number of ketones is 1. The molecule has 0 amide bonds. The molecular weight excluding hydrogens is 219 g/mol. The predicted octanol–water partition coefficient (Wildman–Crippen LogP) is 2.32. The molecule has 1 aromatic carbocycles. The van der Waals surface area contributed by atoms with Crippen molar-refractivity contribution in [2.75, 3.05) is 6.54 Å². The second-order valence-corrected chi connectivity index (χ2v) is 3.45. The lowest BCUT2D eigenvalue weighted by Crippen LogP contribution is -2.12. The number of carbonyl (C=O) groups is 1. The van der Waals surface area contributed by atoms with Crippen molar-refractivity contribution in [1.82, 2.24) is 0 Å². The summed E-state index contributed by atoms with van der Waals surface area (Å²) < 4.78 is 36.1. The Labute approximate surface area is 91.3 Å². The summed E-state index contributed by atoms with van der Waals surface area (Å²) in [6.45, 7) is 0.239. The lowest BCUT2D eigenvalue weighted by Gasteiger charge is -2.06. The zero-order valence-corrected chi connectivity index (χ0v) is 8.55. The van der Waals surface area contributed by atoms with Crippen molar-refractivity contribution < 1.29 is 18.0 Å². The summed E-state index contributed by atoms with van der Waals surface area (Å²) in [5.74, 6) is -0.152. The molecule has 0 saturated heterocycles. The molecule has 1 aromatic rings. The van der Waals surface area contributed by atoms with Crippen LogP contribution in [-0.4, -0.2) is 18.5 Å². The summed E-state index contributed by atoms with van der Waals surface area (Å²) in [6.07, 6.45) is -4.99. The summed E-state index contributed by atoms with van der Waals surface area (Å²) >= 11 is 0.